The summed E-state index contributed by atoms with van der Waals surface area (Å²) in [6.45, 7) is 3.31. The van der Waals surface area contributed by atoms with E-state index in [1.807, 2.05) is 0 Å². The highest BCUT2D eigenvalue weighted by molar-refractivity contribution is 7.52. The first-order valence-corrected chi connectivity index (χ1v) is 5.07. The number of aliphatic hydroxyl groups is 1. The monoisotopic (exact) mass is 180 g/mol. The zero-order valence-corrected chi connectivity index (χ0v) is 7.17. The Kier molecular flexibility index (Phi) is 5.42. The zero-order chi connectivity index (χ0) is 8.74. The molecule has 0 amide bonds. The van der Waals surface area contributed by atoms with E-state index in [2.05, 4.69) is 11.1 Å². The van der Waals surface area contributed by atoms with Crippen LogP contribution in [0.15, 0.2) is 12.7 Å². The lowest BCUT2D eigenvalue weighted by atomic mass is 10.5. The Labute approximate surface area is 66.0 Å². The maximum absolute atomic E-state index is 10.9. The summed E-state index contributed by atoms with van der Waals surface area (Å²) in [5.41, 5.74) is 0. The molecule has 0 aliphatic rings. The average molecular weight is 180 g/mol. The van der Waals surface area contributed by atoms with Gasteiger partial charge in [0.2, 0.25) is 0 Å². The fraction of sp³-hybridized carbons (Fsp3) is 0.667. The van der Waals surface area contributed by atoms with Gasteiger partial charge in [-0.2, -0.15) is 0 Å². The van der Waals surface area contributed by atoms with E-state index in [-0.39, 0.29) is 25.8 Å². The highest BCUT2D eigenvalue weighted by Crippen LogP contribution is 2.41. The van der Waals surface area contributed by atoms with Crippen molar-refractivity contribution in [3.8, 4) is 0 Å². The van der Waals surface area contributed by atoms with Gasteiger partial charge >= 0.3 is 7.60 Å². The molecular weight excluding hydrogens is 167 g/mol. The molecule has 11 heavy (non-hydrogen) atoms. The number of rotatable bonds is 6. The molecule has 2 N–H and O–H groups in total. The molecule has 0 aromatic carbocycles. The summed E-state index contributed by atoms with van der Waals surface area (Å²) in [6, 6.07) is 0. The summed E-state index contributed by atoms with van der Waals surface area (Å²) in [5, 5.41) is 8.35. The Morgan fingerprint density at radius 1 is 1.64 bits per heavy atom. The second kappa shape index (κ2) is 5.49. The van der Waals surface area contributed by atoms with Crippen molar-refractivity contribution in [2.24, 2.45) is 0 Å². The van der Waals surface area contributed by atoms with Crippen molar-refractivity contribution in [3.05, 3.63) is 12.7 Å². The third-order valence-electron chi connectivity index (χ3n) is 0.993. The van der Waals surface area contributed by atoms with Crippen LogP contribution >= 0.6 is 7.60 Å². The van der Waals surface area contributed by atoms with Gasteiger partial charge in [0, 0.05) is 6.61 Å². The van der Waals surface area contributed by atoms with E-state index in [1.54, 1.807) is 0 Å². The fourth-order valence-electron chi connectivity index (χ4n) is 0.504. The lowest BCUT2D eigenvalue weighted by Crippen LogP contribution is -1.96. The summed E-state index contributed by atoms with van der Waals surface area (Å²) >= 11 is 0. The highest BCUT2D eigenvalue weighted by atomic mass is 31.2. The molecule has 0 rings (SSSR count). The van der Waals surface area contributed by atoms with E-state index in [1.165, 1.54) is 6.08 Å². The molecule has 0 saturated carbocycles. The van der Waals surface area contributed by atoms with Crippen LogP contribution < -0.4 is 0 Å². The van der Waals surface area contributed by atoms with E-state index >= 15 is 0 Å². The molecule has 0 aliphatic heterocycles. The highest BCUT2D eigenvalue weighted by Gasteiger charge is 2.16. The Balaban J connectivity index is 3.61. The molecule has 0 radical (unpaired) electrons. The molecule has 0 saturated heterocycles. The van der Waals surface area contributed by atoms with Crippen molar-refractivity contribution in [1.82, 2.24) is 0 Å². The molecule has 0 aliphatic carbocycles. The first-order valence-electron chi connectivity index (χ1n) is 3.30. The van der Waals surface area contributed by atoms with Crippen LogP contribution in [0.5, 0.6) is 0 Å². The molecule has 1 atom stereocenters. The summed E-state index contributed by atoms with van der Waals surface area (Å²) < 4.78 is 15.5. The van der Waals surface area contributed by atoms with Gasteiger partial charge in [-0.1, -0.05) is 6.08 Å². The molecule has 0 aromatic rings. The third-order valence-corrected chi connectivity index (χ3v) is 2.43. The number of aliphatic hydroxyl groups excluding tert-OH is 1. The summed E-state index contributed by atoms with van der Waals surface area (Å²) in [7, 11) is -3.46. The van der Waals surface area contributed by atoms with E-state index in [4.69, 9.17) is 10.00 Å². The standard InChI is InChI=1S/C6H13O4P/c1-2-5-10-11(8,9)6-3-4-7/h2,7H,1,3-6H2,(H,8,9). The smallest absolute Gasteiger partial charge is 0.328 e. The first kappa shape index (κ1) is 10.8. The Bertz CT molecular complexity index is 157. The molecule has 0 aromatic heterocycles. The largest absolute Gasteiger partial charge is 0.396 e. The lowest BCUT2D eigenvalue weighted by molar-refractivity contribution is 0.269. The van der Waals surface area contributed by atoms with Crippen molar-refractivity contribution in [2.75, 3.05) is 19.4 Å². The number of hydrogen-bond donors (Lipinski definition) is 2. The summed E-state index contributed by atoms with van der Waals surface area (Å²) in [4.78, 5) is 8.95. The second-order valence-corrected chi connectivity index (χ2v) is 4.00. The summed E-state index contributed by atoms with van der Waals surface area (Å²) in [5.74, 6) is 0. The Morgan fingerprint density at radius 2 is 2.27 bits per heavy atom. The predicted molar refractivity (Wildman–Crippen MR) is 42.5 cm³/mol. The van der Waals surface area contributed by atoms with Crippen molar-refractivity contribution in [3.63, 3.8) is 0 Å². The first-order chi connectivity index (χ1) is 5.12. The molecule has 66 valence electrons. The van der Waals surface area contributed by atoms with Crippen LogP contribution in [-0.4, -0.2) is 29.4 Å². The van der Waals surface area contributed by atoms with Gasteiger partial charge in [-0.15, -0.1) is 6.58 Å². The van der Waals surface area contributed by atoms with Gasteiger partial charge in [-0.3, -0.25) is 4.57 Å². The second-order valence-electron chi connectivity index (χ2n) is 2.02. The topological polar surface area (TPSA) is 66.8 Å². The van der Waals surface area contributed by atoms with Gasteiger partial charge in [-0.05, 0) is 6.42 Å². The van der Waals surface area contributed by atoms with Gasteiger partial charge in [-0.25, -0.2) is 0 Å². The minimum Gasteiger partial charge on any atom is -0.396 e. The van der Waals surface area contributed by atoms with Crippen molar-refractivity contribution >= 4 is 7.60 Å². The molecule has 0 bridgehead atoms. The molecule has 4 nitrogen and oxygen atoms in total. The molecule has 1 unspecified atom stereocenters. The van der Waals surface area contributed by atoms with E-state index < -0.39 is 7.60 Å². The predicted octanol–water partition coefficient (Wildman–Crippen LogP) is 0.757. The summed E-state index contributed by atoms with van der Waals surface area (Å²) in [6.07, 6.45) is 1.68. The van der Waals surface area contributed by atoms with Crippen LogP contribution in [0.3, 0.4) is 0 Å². The van der Waals surface area contributed by atoms with E-state index in [0.717, 1.165) is 0 Å². The van der Waals surface area contributed by atoms with Crippen LogP contribution in [0.1, 0.15) is 6.42 Å². The van der Waals surface area contributed by atoms with Gasteiger partial charge in [0.15, 0.2) is 0 Å². The van der Waals surface area contributed by atoms with Crippen LogP contribution in [-0.2, 0) is 9.09 Å². The maximum Gasteiger partial charge on any atom is 0.328 e. The molecule has 5 heteroatoms. The van der Waals surface area contributed by atoms with Crippen molar-refractivity contribution in [1.29, 1.82) is 0 Å². The van der Waals surface area contributed by atoms with Gasteiger partial charge < -0.3 is 14.5 Å². The molecule has 0 heterocycles. The van der Waals surface area contributed by atoms with Gasteiger partial charge in [0.1, 0.15) is 0 Å². The zero-order valence-electron chi connectivity index (χ0n) is 6.27. The van der Waals surface area contributed by atoms with Crippen LogP contribution in [0.25, 0.3) is 0 Å². The van der Waals surface area contributed by atoms with Gasteiger partial charge in [0.25, 0.3) is 0 Å². The van der Waals surface area contributed by atoms with Crippen molar-refractivity contribution < 1.29 is 19.1 Å². The number of hydrogen-bond acceptors (Lipinski definition) is 3. The SMILES string of the molecule is C=CCOP(=O)(O)CCCO. The van der Waals surface area contributed by atoms with Crippen LogP contribution in [0, 0.1) is 0 Å². The molecule has 0 spiro atoms. The minimum absolute atomic E-state index is 0.00264. The fourth-order valence-corrected chi connectivity index (χ4v) is 1.51. The average Bonchev–Trinajstić information content (AvgIpc) is 1.97. The van der Waals surface area contributed by atoms with E-state index in [9.17, 15) is 4.57 Å². The normalized spacial score (nSPS) is 15.8. The third kappa shape index (κ3) is 6.26. The minimum atomic E-state index is -3.46. The maximum atomic E-state index is 10.9. The van der Waals surface area contributed by atoms with Gasteiger partial charge in [0.05, 0.1) is 12.8 Å². The lowest BCUT2D eigenvalue weighted by Gasteiger charge is -2.08. The molecular formula is C6H13O4P. The van der Waals surface area contributed by atoms with E-state index in [0.29, 0.717) is 0 Å². The Hall–Kier alpha value is -0.150. The van der Waals surface area contributed by atoms with Crippen LogP contribution in [0.4, 0.5) is 0 Å². The van der Waals surface area contributed by atoms with Crippen molar-refractivity contribution in [2.45, 2.75) is 6.42 Å². The molecule has 0 fully saturated rings. The Morgan fingerprint density at radius 3 is 2.73 bits per heavy atom. The van der Waals surface area contributed by atoms with Crippen LogP contribution in [0.2, 0.25) is 0 Å². The quantitative estimate of drug-likeness (QED) is 0.467.